The summed E-state index contributed by atoms with van der Waals surface area (Å²) in [6.07, 6.45) is 2.26. The molecule has 1 atom stereocenters. The van der Waals surface area contributed by atoms with Crippen molar-refractivity contribution in [2.45, 2.75) is 12.5 Å². The fourth-order valence-electron chi connectivity index (χ4n) is 4.30. The summed E-state index contributed by atoms with van der Waals surface area (Å²) in [6, 6.07) is 28.8. The van der Waals surface area contributed by atoms with Gasteiger partial charge in [0.25, 0.3) is 5.91 Å². The van der Waals surface area contributed by atoms with Gasteiger partial charge in [-0.3, -0.25) is 9.69 Å². The van der Waals surface area contributed by atoms with Crippen molar-refractivity contribution in [2.75, 3.05) is 12.0 Å². The first-order valence-corrected chi connectivity index (χ1v) is 9.79. The predicted molar refractivity (Wildman–Crippen MR) is 118 cm³/mol. The minimum atomic E-state index is -0.127. The van der Waals surface area contributed by atoms with Gasteiger partial charge in [-0.15, -0.1) is 0 Å². The molecule has 1 heterocycles. The Morgan fingerprint density at radius 2 is 1.41 bits per heavy atom. The lowest BCUT2D eigenvalue weighted by Crippen LogP contribution is -2.37. The van der Waals surface area contributed by atoms with Crippen LogP contribution in [0.3, 0.4) is 0 Å². The van der Waals surface area contributed by atoms with Crippen molar-refractivity contribution < 1.29 is 9.53 Å². The van der Waals surface area contributed by atoms with Crippen LogP contribution in [0.25, 0.3) is 21.5 Å². The largest absolute Gasteiger partial charge is 0.501 e. The van der Waals surface area contributed by atoms with Crippen molar-refractivity contribution >= 4 is 33.1 Å². The van der Waals surface area contributed by atoms with Gasteiger partial charge in [0.05, 0.1) is 18.8 Å². The first-order chi connectivity index (χ1) is 14.3. The number of amides is 1. The third-order valence-corrected chi connectivity index (χ3v) is 5.66. The summed E-state index contributed by atoms with van der Waals surface area (Å²) in [5.41, 5.74) is 2.06. The van der Waals surface area contributed by atoms with Crippen LogP contribution in [0.2, 0.25) is 0 Å². The maximum absolute atomic E-state index is 13.4. The van der Waals surface area contributed by atoms with E-state index in [4.69, 9.17) is 4.74 Å². The van der Waals surface area contributed by atoms with Gasteiger partial charge in [0.1, 0.15) is 5.76 Å². The third-order valence-electron chi connectivity index (χ3n) is 5.66. The van der Waals surface area contributed by atoms with Crippen LogP contribution in [0.1, 0.15) is 18.0 Å². The first kappa shape index (κ1) is 17.5. The van der Waals surface area contributed by atoms with E-state index in [1.165, 1.54) is 0 Å². The second kappa shape index (κ2) is 7.10. The predicted octanol–water partition coefficient (Wildman–Crippen LogP) is 6.00. The lowest BCUT2D eigenvalue weighted by atomic mass is 9.93. The lowest BCUT2D eigenvalue weighted by Gasteiger charge is -2.36. The van der Waals surface area contributed by atoms with E-state index in [9.17, 15) is 4.79 Å². The fraction of sp³-hybridized carbons (Fsp3) is 0.115. The molecule has 0 fully saturated rings. The zero-order valence-corrected chi connectivity index (χ0v) is 16.2. The van der Waals surface area contributed by atoms with Crippen molar-refractivity contribution in [3.05, 3.63) is 102 Å². The van der Waals surface area contributed by atoms with Crippen LogP contribution in [0.4, 0.5) is 5.69 Å². The van der Waals surface area contributed by atoms with E-state index in [0.717, 1.165) is 32.8 Å². The van der Waals surface area contributed by atoms with E-state index >= 15 is 0 Å². The van der Waals surface area contributed by atoms with Crippen molar-refractivity contribution in [1.29, 1.82) is 0 Å². The van der Waals surface area contributed by atoms with Gasteiger partial charge >= 0.3 is 0 Å². The quantitative estimate of drug-likeness (QED) is 0.409. The molecule has 0 aromatic heterocycles. The van der Waals surface area contributed by atoms with Crippen molar-refractivity contribution in [2.24, 2.45) is 0 Å². The van der Waals surface area contributed by atoms with Gasteiger partial charge in [0.2, 0.25) is 0 Å². The van der Waals surface area contributed by atoms with E-state index in [1.807, 2.05) is 47.4 Å². The zero-order chi connectivity index (χ0) is 19.8. The molecule has 0 bridgehead atoms. The smallest absolute Gasteiger partial charge is 0.254 e. The van der Waals surface area contributed by atoms with Crippen molar-refractivity contribution in [1.82, 2.24) is 0 Å². The molecule has 0 N–H and O–H groups in total. The van der Waals surface area contributed by atoms with Gasteiger partial charge < -0.3 is 4.74 Å². The topological polar surface area (TPSA) is 29.5 Å². The molecule has 0 unspecified atom stereocenters. The average molecular weight is 379 g/mol. The molecular weight excluding hydrogens is 358 g/mol. The molecule has 0 aliphatic carbocycles. The van der Waals surface area contributed by atoms with Crippen LogP contribution in [-0.4, -0.2) is 13.0 Å². The number of fused-ring (bicyclic) bond motifs is 2. The number of methoxy groups -OCH3 is 1. The summed E-state index contributed by atoms with van der Waals surface area (Å²) in [5, 5.41) is 4.41. The molecule has 1 aliphatic heterocycles. The molecule has 4 aromatic carbocycles. The Kier molecular flexibility index (Phi) is 4.28. The Morgan fingerprint density at radius 1 is 0.828 bits per heavy atom. The molecule has 0 radical (unpaired) electrons. The van der Waals surface area contributed by atoms with Crippen LogP contribution in [0.15, 0.2) is 96.8 Å². The van der Waals surface area contributed by atoms with Crippen LogP contribution in [0.5, 0.6) is 0 Å². The average Bonchev–Trinajstić information content (AvgIpc) is 2.78. The van der Waals surface area contributed by atoms with Crippen LogP contribution < -0.4 is 4.90 Å². The molecule has 142 valence electrons. The van der Waals surface area contributed by atoms with Crippen LogP contribution in [0, 0.1) is 0 Å². The Hall–Kier alpha value is -3.59. The highest BCUT2D eigenvalue weighted by atomic mass is 16.5. The maximum atomic E-state index is 13.4. The van der Waals surface area contributed by atoms with E-state index in [1.54, 1.807) is 13.2 Å². The standard InChI is InChI=1S/C26H21NO2/c1-29-21-16-24(18-9-3-2-4-10-18)27(25(28)17-21)26-22-13-7-5-11-19(22)15-20-12-6-8-14-23(20)26/h2-15,17,24H,16H2,1H3/t24-/m1/s1. The number of nitrogens with zero attached hydrogens (tertiary/aromatic N) is 1. The molecule has 0 saturated heterocycles. The molecule has 5 rings (SSSR count). The van der Waals surface area contributed by atoms with Crippen molar-refractivity contribution in [3.63, 3.8) is 0 Å². The van der Waals surface area contributed by atoms with Crippen LogP contribution in [-0.2, 0) is 9.53 Å². The van der Waals surface area contributed by atoms with Gasteiger partial charge in [-0.2, -0.15) is 0 Å². The normalized spacial score (nSPS) is 16.9. The minimum absolute atomic E-state index is 0.0524. The van der Waals surface area contributed by atoms with E-state index in [0.29, 0.717) is 12.2 Å². The highest BCUT2D eigenvalue weighted by molar-refractivity contribution is 6.18. The summed E-state index contributed by atoms with van der Waals surface area (Å²) >= 11 is 0. The molecule has 1 amide bonds. The minimum Gasteiger partial charge on any atom is -0.501 e. The summed E-state index contributed by atoms with van der Waals surface area (Å²) in [5.74, 6) is 0.660. The number of carbonyl (C=O) groups excluding carboxylic acids is 1. The Labute approximate surface area is 169 Å². The highest BCUT2D eigenvalue weighted by Crippen LogP contribution is 2.43. The fourth-order valence-corrected chi connectivity index (χ4v) is 4.30. The van der Waals surface area contributed by atoms with Gasteiger partial charge in [-0.1, -0.05) is 78.9 Å². The summed E-state index contributed by atoms with van der Waals surface area (Å²) in [4.78, 5) is 15.4. The maximum Gasteiger partial charge on any atom is 0.254 e. The molecule has 29 heavy (non-hydrogen) atoms. The molecule has 0 saturated carbocycles. The first-order valence-electron chi connectivity index (χ1n) is 9.79. The number of hydrogen-bond acceptors (Lipinski definition) is 2. The number of anilines is 1. The molecule has 4 aromatic rings. The zero-order valence-electron chi connectivity index (χ0n) is 16.2. The molecule has 1 aliphatic rings. The third kappa shape index (κ3) is 2.95. The second-order valence-electron chi connectivity index (χ2n) is 7.32. The van der Waals surface area contributed by atoms with Crippen molar-refractivity contribution in [3.8, 4) is 0 Å². The van der Waals surface area contributed by atoms with Gasteiger partial charge in [0, 0.05) is 23.3 Å². The second-order valence-corrected chi connectivity index (χ2v) is 7.32. The lowest BCUT2D eigenvalue weighted by molar-refractivity contribution is -0.115. The summed E-state index contributed by atoms with van der Waals surface area (Å²) < 4.78 is 5.49. The number of benzene rings is 4. The molecule has 3 heteroatoms. The van der Waals surface area contributed by atoms with Crippen LogP contribution >= 0.6 is 0 Å². The Balaban J connectivity index is 1.83. The van der Waals surface area contributed by atoms with E-state index < -0.39 is 0 Å². The number of carbonyl (C=O) groups is 1. The molecule has 0 spiro atoms. The number of hydrogen-bond donors (Lipinski definition) is 0. The highest BCUT2D eigenvalue weighted by Gasteiger charge is 2.33. The Bertz CT molecular complexity index is 1190. The summed E-state index contributed by atoms with van der Waals surface area (Å²) in [6.45, 7) is 0. The van der Waals surface area contributed by atoms with Gasteiger partial charge in [-0.05, 0) is 22.4 Å². The Morgan fingerprint density at radius 3 is 2.03 bits per heavy atom. The molecular formula is C26H21NO2. The van der Waals surface area contributed by atoms with Gasteiger partial charge in [0.15, 0.2) is 0 Å². The van der Waals surface area contributed by atoms with Gasteiger partial charge in [-0.25, -0.2) is 0 Å². The number of rotatable bonds is 3. The molecule has 3 nitrogen and oxygen atoms in total. The SMILES string of the molecule is COC1=CC(=O)N(c2c3ccccc3cc3ccccc23)[C@@H](c2ccccc2)C1. The summed E-state index contributed by atoms with van der Waals surface area (Å²) in [7, 11) is 1.63. The van der Waals surface area contributed by atoms with E-state index in [-0.39, 0.29) is 11.9 Å². The number of ether oxygens (including phenoxy) is 1. The van der Waals surface area contributed by atoms with E-state index in [2.05, 4.69) is 42.5 Å². The monoisotopic (exact) mass is 379 g/mol.